The molecule has 1 aliphatic rings. The van der Waals surface area contributed by atoms with Gasteiger partial charge in [0.2, 0.25) is 0 Å². The summed E-state index contributed by atoms with van der Waals surface area (Å²) in [5.41, 5.74) is 4.47. The highest BCUT2D eigenvalue weighted by Gasteiger charge is 2.31. The van der Waals surface area contributed by atoms with Gasteiger partial charge in [0.25, 0.3) is 0 Å². The first-order valence-corrected chi connectivity index (χ1v) is 5.77. The normalized spacial score (nSPS) is 17.7. The summed E-state index contributed by atoms with van der Waals surface area (Å²) in [4.78, 5) is 0. The lowest BCUT2D eigenvalue weighted by Gasteiger charge is -2.36. The Morgan fingerprint density at radius 2 is 1.65 bits per heavy atom. The zero-order valence-electron chi connectivity index (χ0n) is 11.0. The third kappa shape index (κ3) is 1.57. The van der Waals surface area contributed by atoms with Crippen LogP contribution in [0.15, 0.2) is 11.6 Å². The number of aryl methyl sites for hydroxylation is 1. The van der Waals surface area contributed by atoms with E-state index in [1.807, 2.05) is 13.0 Å². The van der Waals surface area contributed by atoms with Crippen LogP contribution in [0.4, 0.5) is 5.69 Å². The molecule has 3 N–H and O–H groups in total. The second kappa shape index (κ2) is 3.42. The Bertz CT molecular complexity index is 528. The minimum absolute atomic E-state index is 0.0422. The monoisotopic (exact) mass is 233 g/mol. The third-order valence-corrected chi connectivity index (χ3v) is 3.81. The molecule has 0 aliphatic carbocycles. The number of allylic oxidation sites excluding steroid dienone is 1. The maximum absolute atomic E-state index is 10.0. The first-order valence-electron chi connectivity index (χ1n) is 5.77. The Morgan fingerprint density at radius 1 is 1.06 bits per heavy atom. The number of nitrogens with one attached hydrogen (secondary N) is 1. The van der Waals surface area contributed by atoms with Gasteiger partial charge in [0.15, 0.2) is 11.5 Å². The fraction of sp³-hybridized carbons (Fsp3) is 0.429. The van der Waals surface area contributed by atoms with Crippen molar-refractivity contribution in [3.05, 3.63) is 22.8 Å². The number of phenolic OH excluding ortho intramolecular Hbond substituents is 2. The molecule has 0 fully saturated rings. The molecule has 92 valence electrons. The molecule has 0 saturated heterocycles. The van der Waals surface area contributed by atoms with Crippen LogP contribution in [0.5, 0.6) is 11.5 Å². The Kier molecular flexibility index (Phi) is 2.38. The van der Waals surface area contributed by atoms with E-state index in [0.29, 0.717) is 11.3 Å². The molecule has 0 bridgehead atoms. The van der Waals surface area contributed by atoms with Crippen LogP contribution >= 0.6 is 0 Å². The summed E-state index contributed by atoms with van der Waals surface area (Å²) >= 11 is 0. The summed E-state index contributed by atoms with van der Waals surface area (Å²) in [5.74, 6) is -0.0978. The number of rotatable bonds is 0. The fourth-order valence-corrected chi connectivity index (χ4v) is 2.29. The first-order chi connectivity index (χ1) is 7.75. The van der Waals surface area contributed by atoms with Crippen LogP contribution < -0.4 is 5.32 Å². The molecule has 0 aromatic heterocycles. The molecule has 2 rings (SSSR count). The van der Waals surface area contributed by atoms with Gasteiger partial charge in [-0.15, -0.1) is 0 Å². The van der Waals surface area contributed by atoms with E-state index in [2.05, 4.69) is 26.1 Å². The molecule has 0 saturated carbocycles. The lowest BCUT2D eigenvalue weighted by molar-refractivity contribution is 0.401. The zero-order valence-corrected chi connectivity index (χ0v) is 11.0. The number of fused-ring (bicyclic) bond motifs is 1. The Hall–Kier alpha value is -1.64. The lowest BCUT2D eigenvalue weighted by atomic mass is 9.83. The minimum Gasteiger partial charge on any atom is -0.504 e. The van der Waals surface area contributed by atoms with E-state index in [1.165, 1.54) is 5.57 Å². The number of hydrogen-bond acceptors (Lipinski definition) is 3. The molecule has 3 nitrogen and oxygen atoms in total. The number of hydrogen-bond donors (Lipinski definition) is 3. The summed E-state index contributed by atoms with van der Waals surface area (Å²) in [6.07, 6.45) is 0. The van der Waals surface area contributed by atoms with Crippen LogP contribution in [0.2, 0.25) is 0 Å². The minimum atomic E-state index is -0.212. The predicted octanol–water partition coefficient (Wildman–Crippen LogP) is 3.40. The summed E-state index contributed by atoms with van der Waals surface area (Å²) in [6.45, 7) is 10.0. The average Bonchev–Trinajstić information content (AvgIpc) is 2.26. The van der Waals surface area contributed by atoms with Gasteiger partial charge in [0.1, 0.15) is 0 Å². The Balaban J connectivity index is 2.78. The highest BCUT2D eigenvalue weighted by molar-refractivity contribution is 5.87. The molecule has 3 heteroatoms. The van der Waals surface area contributed by atoms with Crippen LogP contribution in [-0.2, 0) is 0 Å². The fourth-order valence-electron chi connectivity index (χ4n) is 2.29. The van der Waals surface area contributed by atoms with Crippen molar-refractivity contribution in [3.63, 3.8) is 0 Å². The van der Waals surface area contributed by atoms with Gasteiger partial charge in [-0.2, -0.15) is 0 Å². The van der Waals surface area contributed by atoms with Crippen molar-refractivity contribution < 1.29 is 10.2 Å². The maximum Gasteiger partial charge on any atom is 0.182 e. The van der Waals surface area contributed by atoms with E-state index >= 15 is 0 Å². The van der Waals surface area contributed by atoms with E-state index in [4.69, 9.17) is 0 Å². The zero-order chi connectivity index (χ0) is 13.0. The van der Waals surface area contributed by atoms with Crippen molar-refractivity contribution in [2.75, 3.05) is 5.32 Å². The van der Waals surface area contributed by atoms with Crippen molar-refractivity contribution in [2.24, 2.45) is 0 Å². The van der Waals surface area contributed by atoms with E-state index in [0.717, 1.165) is 11.1 Å². The van der Waals surface area contributed by atoms with Crippen LogP contribution in [0, 0.1) is 6.92 Å². The lowest BCUT2D eigenvalue weighted by Crippen LogP contribution is -2.35. The van der Waals surface area contributed by atoms with E-state index in [1.54, 1.807) is 6.92 Å². The molecule has 0 spiro atoms. The molecular weight excluding hydrogens is 214 g/mol. The molecule has 17 heavy (non-hydrogen) atoms. The number of benzene rings is 1. The largest absolute Gasteiger partial charge is 0.504 e. The van der Waals surface area contributed by atoms with Crippen molar-refractivity contribution in [3.8, 4) is 11.5 Å². The SMILES string of the molecule is CC1=C(C)C(C)(C)Nc2c1cc(C)c(O)c2O. The molecule has 0 atom stereocenters. The second-order valence-corrected chi connectivity index (χ2v) is 5.31. The molecule has 1 heterocycles. The summed E-state index contributed by atoms with van der Waals surface area (Å²) in [5, 5.41) is 23.1. The second-order valence-electron chi connectivity index (χ2n) is 5.31. The van der Waals surface area contributed by atoms with Crippen LogP contribution in [0.3, 0.4) is 0 Å². The van der Waals surface area contributed by atoms with Crippen molar-refractivity contribution in [2.45, 2.75) is 40.2 Å². The Labute approximate surface area is 102 Å². The van der Waals surface area contributed by atoms with Crippen LogP contribution in [-0.4, -0.2) is 15.8 Å². The molecule has 1 aliphatic heterocycles. The van der Waals surface area contributed by atoms with Crippen molar-refractivity contribution in [1.29, 1.82) is 0 Å². The summed E-state index contributed by atoms with van der Waals surface area (Å²) in [6, 6.07) is 1.91. The summed E-state index contributed by atoms with van der Waals surface area (Å²) < 4.78 is 0. The first kappa shape index (κ1) is 11.8. The van der Waals surface area contributed by atoms with Crippen molar-refractivity contribution in [1.82, 2.24) is 0 Å². The number of phenols is 2. The van der Waals surface area contributed by atoms with E-state index in [9.17, 15) is 10.2 Å². The molecule has 1 aromatic carbocycles. The highest BCUT2D eigenvalue weighted by Crippen LogP contribution is 2.47. The molecular formula is C14H19NO2. The quantitative estimate of drug-likeness (QED) is 0.602. The smallest absolute Gasteiger partial charge is 0.182 e. The van der Waals surface area contributed by atoms with Crippen LogP contribution in [0.25, 0.3) is 5.57 Å². The average molecular weight is 233 g/mol. The van der Waals surface area contributed by atoms with Gasteiger partial charge in [-0.3, -0.25) is 0 Å². The standard InChI is InChI=1S/C14H19NO2/c1-7-6-10-8(2)9(3)14(4,5)15-11(10)13(17)12(7)16/h6,15-17H,1-5H3. The van der Waals surface area contributed by atoms with E-state index in [-0.39, 0.29) is 17.0 Å². The number of aromatic hydroxyl groups is 2. The van der Waals surface area contributed by atoms with Gasteiger partial charge in [0.05, 0.1) is 11.2 Å². The van der Waals surface area contributed by atoms with Crippen LogP contribution in [0.1, 0.15) is 38.8 Å². The Morgan fingerprint density at radius 3 is 2.24 bits per heavy atom. The van der Waals surface area contributed by atoms with E-state index < -0.39 is 0 Å². The predicted molar refractivity (Wildman–Crippen MR) is 70.5 cm³/mol. The third-order valence-electron chi connectivity index (χ3n) is 3.81. The molecule has 0 radical (unpaired) electrons. The van der Waals surface area contributed by atoms with Crippen molar-refractivity contribution >= 4 is 11.3 Å². The molecule has 1 aromatic rings. The maximum atomic E-state index is 10.0. The topological polar surface area (TPSA) is 52.5 Å². The summed E-state index contributed by atoms with van der Waals surface area (Å²) in [7, 11) is 0. The van der Waals surface area contributed by atoms with Gasteiger partial charge >= 0.3 is 0 Å². The number of anilines is 1. The van der Waals surface area contributed by atoms with Gasteiger partial charge in [-0.05, 0) is 57.4 Å². The highest BCUT2D eigenvalue weighted by atomic mass is 16.3. The molecule has 0 amide bonds. The molecule has 0 unspecified atom stereocenters. The van der Waals surface area contributed by atoms with Gasteiger partial charge in [0, 0.05) is 5.56 Å². The van der Waals surface area contributed by atoms with Gasteiger partial charge in [-0.25, -0.2) is 0 Å². The van der Waals surface area contributed by atoms with Gasteiger partial charge in [-0.1, -0.05) is 0 Å². The van der Waals surface area contributed by atoms with Gasteiger partial charge < -0.3 is 15.5 Å².